The first-order valence-electron chi connectivity index (χ1n) is 6.72. The molecule has 0 radical (unpaired) electrons. The number of carbonyl (C=O) groups excluding carboxylic acids is 1. The third-order valence-electron chi connectivity index (χ3n) is 4.28. The first kappa shape index (κ1) is 12.8. The Morgan fingerprint density at radius 2 is 2.00 bits per heavy atom. The molecule has 0 atom stereocenters. The van der Waals surface area contributed by atoms with E-state index in [9.17, 15) is 9.90 Å². The van der Waals surface area contributed by atoms with E-state index in [1.807, 2.05) is 18.7 Å². The van der Waals surface area contributed by atoms with Crippen LogP contribution >= 0.6 is 0 Å². The number of rotatable bonds is 3. The molecule has 0 bridgehead atoms. The van der Waals surface area contributed by atoms with E-state index in [0.29, 0.717) is 25.4 Å². The van der Waals surface area contributed by atoms with Gasteiger partial charge in [0.1, 0.15) is 5.60 Å². The van der Waals surface area contributed by atoms with E-state index >= 15 is 0 Å². The summed E-state index contributed by atoms with van der Waals surface area (Å²) in [5, 5.41) is 13.4. The van der Waals surface area contributed by atoms with Gasteiger partial charge in [-0.2, -0.15) is 0 Å². The lowest BCUT2D eigenvalue weighted by molar-refractivity contribution is -0.164. The molecule has 2 aliphatic rings. The van der Waals surface area contributed by atoms with Gasteiger partial charge in [0, 0.05) is 6.42 Å². The summed E-state index contributed by atoms with van der Waals surface area (Å²) in [6.45, 7) is 7.13. The molecule has 4 heteroatoms. The summed E-state index contributed by atoms with van der Waals surface area (Å²) in [5.74, 6) is 0.990. The summed E-state index contributed by atoms with van der Waals surface area (Å²) in [6.07, 6.45) is 2.87. The topological polar surface area (TPSA) is 52.6 Å². The zero-order chi connectivity index (χ0) is 12.5. The number of hydrogen-bond acceptors (Lipinski definition) is 3. The van der Waals surface area contributed by atoms with E-state index in [0.717, 1.165) is 25.9 Å². The van der Waals surface area contributed by atoms with Crippen LogP contribution in [0.2, 0.25) is 0 Å². The molecule has 0 aromatic heterocycles. The lowest BCUT2D eigenvalue weighted by Gasteiger charge is -2.49. The van der Waals surface area contributed by atoms with E-state index in [1.54, 1.807) is 0 Å². The number of β-amino-alcohol motifs (C(OH)–C–C–N with tert-alkyl or cyclic N) is 1. The lowest BCUT2D eigenvalue weighted by atomic mass is 9.82. The zero-order valence-electron chi connectivity index (χ0n) is 10.9. The Morgan fingerprint density at radius 3 is 2.53 bits per heavy atom. The largest absolute Gasteiger partial charge is 0.386 e. The van der Waals surface area contributed by atoms with Crippen LogP contribution < -0.4 is 5.32 Å². The van der Waals surface area contributed by atoms with Gasteiger partial charge in [-0.15, -0.1) is 0 Å². The van der Waals surface area contributed by atoms with Crippen molar-refractivity contribution in [3.63, 3.8) is 0 Å². The summed E-state index contributed by atoms with van der Waals surface area (Å²) in [4.78, 5) is 13.8. The van der Waals surface area contributed by atoms with Crippen molar-refractivity contribution in [1.82, 2.24) is 10.2 Å². The Labute approximate surface area is 103 Å². The number of piperidine rings is 1. The fourth-order valence-electron chi connectivity index (χ4n) is 2.62. The fraction of sp³-hybridized carbons (Fsp3) is 0.923. The highest BCUT2D eigenvalue weighted by molar-refractivity contribution is 5.77. The van der Waals surface area contributed by atoms with Crippen molar-refractivity contribution in [2.24, 2.45) is 11.8 Å². The van der Waals surface area contributed by atoms with Crippen molar-refractivity contribution in [2.75, 3.05) is 26.2 Å². The monoisotopic (exact) mass is 240 g/mol. The van der Waals surface area contributed by atoms with Crippen LogP contribution in [0.5, 0.6) is 0 Å². The van der Waals surface area contributed by atoms with Gasteiger partial charge in [-0.05, 0) is 37.8 Å². The quantitative estimate of drug-likeness (QED) is 0.760. The van der Waals surface area contributed by atoms with Gasteiger partial charge in [-0.3, -0.25) is 4.79 Å². The molecule has 98 valence electrons. The molecule has 0 aromatic rings. The van der Waals surface area contributed by atoms with Crippen molar-refractivity contribution in [3.8, 4) is 0 Å². The maximum Gasteiger partial charge on any atom is 0.223 e. The van der Waals surface area contributed by atoms with Crippen LogP contribution in [-0.4, -0.2) is 47.7 Å². The van der Waals surface area contributed by atoms with Gasteiger partial charge in [0.05, 0.1) is 13.1 Å². The van der Waals surface area contributed by atoms with Crippen LogP contribution in [0.3, 0.4) is 0 Å². The molecular weight excluding hydrogens is 216 g/mol. The Hall–Kier alpha value is -0.610. The smallest absolute Gasteiger partial charge is 0.223 e. The number of nitrogens with zero attached hydrogens (tertiary/aromatic N) is 1. The second-order valence-electron chi connectivity index (χ2n) is 5.91. The predicted molar refractivity (Wildman–Crippen MR) is 66.6 cm³/mol. The maximum absolute atomic E-state index is 12.0. The molecule has 2 rings (SSSR count). The van der Waals surface area contributed by atoms with E-state index in [1.165, 1.54) is 0 Å². The van der Waals surface area contributed by atoms with Gasteiger partial charge in [0.15, 0.2) is 0 Å². The molecule has 0 aliphatic carbocycles. The molecule has 1 amide bonds. The van der Waals surface area contributed by atoms with Crippen molar-refractivity contribution >= 4 is 5.91 Å². The van der Waals surface area contributed by atoms with Crippen LogP contribution in [0.4, 0.5) is 0 Å². The minimum absolute atomic E-state index is 0.224. The standard InChI is InChI=1S/C13H24N2O2/c1-10(2)13(17)8-15(9-13)12(16)7-11-3-5-14-6-4-11/h10-11,14,17H,3-9H2,1-2H3. The second kappa shape index (κ2) is 4.94. The molecule has 2 fully saturated rings. The fourth-order valence-corrected chi connectivity index (χ4v) is 2.62. The number of likely N-dealkylation sites (tertiary alicyclic amines) is 1. The minimum atomic E-state index is -0.635. The maximum atomic E-state index is 12.0. The highest BCUT2D eigenvalue weighted by atomic mass is 16.3. The van der Waals surface area contributed by atoms with E-state index in [-0.39, 0.29) is 11.8 Å². The van der Waals surface area contributed by atoms with Crippen LogP contribution in [0.1, 0.15) is 33.1 Å². The molecule has 4 nitrogen and oxygen atoms in total. The molecule has 0 spiro atoms. The average molecular weight is 240 g/mol. The Morgan fingerprint density at radius 1 is 1.41 bits per heavy atom. The normalized spacial score (nSPS) is 24.8. The molecule has 2 N–H and O–H groups in total. The molecular formula is C13H24N2O2. The Kier molecular flexibility index (Phi) is 3.73. The van der Waals surface area contributed by atoms with Crippen LogP contribution in [-0.2, 0) is 4.79 Å². The first-order chi connectivity index (χ1) is 8.01. The number of aliphatic hydroxyl groups is 1. The van der Waals surface area contributed by atoms with Gasteiger partial charge < -0.3 is 15.3 Å². The predicted octanol–water partition coefficient (Wildman–Crippen LogP) is 0.605. The highest BCUT2D eigenvalue weighted by Gasteiger charge is 2.45. The lowest BCUT2D eigenvalue weighted by Crippen LogP contribution is -2.66. The van der Waals surface area contributed by atoms with Crippen LogP contribution in [0.15, 0.2) is 0 Å². The highest BCUT2D eigenvalue weighted by Crippen LogP contribution is 2.30. The minimum Gasteiger partial charge on any atom is -0.386 e. The van der Waals surface area contributed by atoms with Gasteiger partial charge in [0.2, 0.25) is 5.91 Å². The summed E-state index contributed by atoms with van der Waals surface area (Å²) >= 11 is 0. The van der Waals surface area contributed by atoms with Crippen LogP contribution in [0, 0.1) is 11.8 Å². The molecule has 0 saturated carbocycles. The summed E-state index contributed by atoms with van der Waals surface area (Å²) in [6, 6.07) is 0. The summed E-state index contributed by atoms with van der Waals surface area (Å²) < 4.78 is 0. The molecule has 2 heterocycles. The Balaban J connectivity index is 1.75. The third-order valence-corrected chi connectivity index (χ3v) is 4.28. The molecule has 0 unspecified atom stereocenters. The van der Waals surface area contributed by atoms with E-state index in [4.69, 9.17) is 0 Å². The van der Waals surface area contributed by atoms with Crippen LogP contribution in [0.25, 0.3) is 0 Å². The molecule has 2 saturated heterocycles. The van der Waals surface area contributed by atoms with Crippen molar-refractivity contribution in [2.45, 2.75) is 38.7 Å². The van der Waals surface area contributed by atoms with E-state index < -0.39 is 5.60 Å². The third kappa shape index (κ3) is 2.80. The van der Waals surface area contributed by atoms with Gasteiger partial charge in [-0.25, -0.2) is 0 Å². The van der Waals surface area contributed by atoms with Crippen molar-refractivity contribution < 1.29 is 9.90 Å². The second-order valence-corrected chi connectivity index (χ2v) is 5.91. The number of hydrogen-bond donors (Lipinski definition) is 2. The number of nitrogens with one attached hydrogen (secondary N) is 1. The number of carbonyl (C=O) groups is 1. The SMILES string of the molecule is CC(C)C1(O)CN(C(=O)CC2CCNCC2)C1. The van der Waals surface area contributed by atoms with Crippen molar-refractivity contribution in [1.29, 1.82) is 0 Å². The Bertz CT molecular complexity index is 279. The summed E-state index contributed by atoms with van der Waals surface area (Å²) in [7, 11) is 0. The molecule has 17 heavy (non-hydrogen) atoms. The zero-order valence-corrected chi connectivity index (χ0v) is 10.9. The average Bonchev–Trinajstić information content (AvgIpc) is 2.25. The van der Waals surface area contributed by atoms with E-state index in [2.05, 4.69) is 5.32 Å². The summed E-state index contributed by atoms with van der Waals surface area (Å²) in [5.41, 5.74) is -0.635. The van der Waals surface area contributed by atoms with Crippen molar-refractivity contribution in [3.05, 3.63) is 0 Å². The molecule has 0 aromatic carbocycles. The van der Waals surface area contributed by atoms with Gasteiger partial charge >= 0.3 is 0 Å². The van der Waals surface area contributed by atoms with Gasteiger partial charge in [-0.1, -0.05) is 13.8 Å². The first-order valence-corrected chi connectivity index (χ1v) is 6.72. The molecule has 2 aliphatic heterocycles. The number of amides is 1. The van der Waals surface area contributed by atoms with Gasteiger partial charge in [0.25, 0.3) is 0 Å².